The Labute approximate surface area is 80.5 Å². The van der Waals surface area contributed by atoms with E-state index in [0.29, 0.717) is 10.1 Å². The van der Waals surface area contributed by atoms with Crippen LogP contribution in [0.15, 0.2) is 0 Å². The van der Waals surface area contributed by atoms with Gasteiger partial charge >= 0.3 is 0 Å². The van der Waals surface area contributed by atoms with Crippen molar-refractivity contribution >= 4 is 10.1 Å². The van der Waals surface area contributed by atoms with E-state index in [1.807, 2.05) is 0 Å². The Bertz CT molecular complexity index is 8.00. The van der Waals surface area contributed by atoms with Gasteiger partial charge in [0.25, 0.3) is 0 Å². The van der Waals surface area contributed by atoms with Crippen LogP contribution in [0, 0.1) is 41.3 Å². The predicted octanol–water partition coefficient (Wildman–Crippen LogP) is -1.04. The number of rotatable bonds is 0. The normalized spacial score (nSPS) is 1.00. The van der Waals surface area contributed by atoms with Crippen molar-refractivity contribution in [3.8, 4) is 0 Å². The molecule has 0 saturated carbocycles. The number of hydrogen-bond acceptors (Lipinski definition) is 1. The summed E-state index contributed by atoms with van der Waals surface area (Å²) in [6.07, 6.45) is 0. The third-order valence-electron chi connectivity index (χ3n) is 0. The third-order valence-corrected chi connectivity index (χ3v) is 0. The molecule has 4 heavy (non-hydrogen) atoms. The van der Waals surface area contributed by atoms with E-state index in [4.69, 9.17) is 4.46 Å². The SMILES string of the molecule is O=[SiH2].[Pr].[Zr]. The molecule has 0 aromatic heterocycles. The molecule has 4 heteroatoms. The van der Waals surface area contributed by atoms with Crippen LogP contribution in [-0.2, 0) is 30.7 Å². The van der Waals surface area contributed by atoms with Crippen LogP contribution in [-0.4, -0.2) is 10.1 Å². The summed E-state index contributed by atoms with van der Waals surface area (Å²) >= 11 is 0. The van der Waals surface area contributed by atoms with E-state index in [-0.39, 0.29) is 67.5 Å². The van der Waals surface area contributed by atoms with E-state index in [1.54, 1.807) is 0 Å². The van der Waals surface area contributed by atoms with Gasteiger partial charge < -0.3 is 4.46 Å². The summed E-state index contributed by atoms with van der Waals surface area (Å²) in [5, 5.41) is 0. The van der Waals surface area contributed by atoms with Crippen LogP contribution in [0.2, 0.25) is 0 Å². The molecule has 0 aliphatic heterocycles. The zero-order valence-corrected chi connectivity index (χ0v) is 9.77. The Kier molecular flexibility index (Phi) is 76.1. The fourth-order valence-corrected chi connectivity index (χ4v) is 0. The first-order valence-corrected chi connectivity index (χ1v) is 0.866. The minimum atomic E-state index is 0. The topological polar surface area (TPSA) is 17.1 Å². The van der Waals surface area contributed by atoms with Crippen LogP contribution in [0.5, 0.6) is 0 Å². The molecular weight excluding hydrogens is 276 g/mol. The molecule has 0 rings (SSSR count). The molecule has 1 nitrogen and oxygen atoms in total. The van der Waals surface area contributed by atoms with E-state index in [0.717, 1.165) is 0 Å². The molecule has 0 aliphatic rings. The van der Waals surface area contributed by atoms with Gasteiger partial charge in [-0.25, -0.2) is 0 Å². The van der Waals surface area contributed by atoms with Gasteiger partial charge in [-0.15, -0.1) is 0 Å². The largest absolute Gasteiger partial charge is 0.396 e. The van der Waals surface area contributed by atoms with Crippen LogP contribution in [0.1, 0.15) is 0 Å². The molecule has 0 bridgehead atoms. The summed E-state index contributed by atoms with van der Waals surface area (Å²) in [6, 6.07) is 0. The molecule has 0 saturated heterocycles. The molecule has 1 radical (unpaired) electrons. The van der Waals surface area contributed by atoms with Crippen molar-refractivity contribution in [1.82, 2.24) is 0 Å². The maximum atomic E-state index is 8.28. The fourth-order valence-electron chi connectivity index (χ4n) is 0. The third kappa shape index (κ3) is 8.86. The average Bonchev–Trinajstić information content (AvgIpc) is 1.00. The van der Waals surface area contributed by atoms with Gasteiger partial charge in [-0.2, -0.15) is 0 Å². The maximum Gasteiger partial charge on any atom is 0.245 e. The van der Waals surface area contributed by atoms with Gasteiger partial charge in [-0.05, 0) is 0 Å². The molecule has 0 heterocycles. The Hall–Kier alpha value is 2.26. The van der Waals surface area contributed by atoms with Crippen molar-refractivity contribution in [3.05, 3.63) is 0 Å². The summed E-state index contributed by atoms with van der Waals surface area (Å²) in [5.41, 5.74) is 0. The summed E-state index contributed by atoms with van der Waals surface area (Å²) < 4.78 is 8.28. The van der Waals surface area contributed by atoms with Gasteiger partial charge in [0.1, 0.15) is 0 Å². The van der Waals surface area contributed by atoms with Crippen molar-refractivity contribution in [2.75, 3.05) is 0 Å². The first-order chi connectivity index (χ1) is 1.00. The summed E-state index contributed by atoms with van der Waals surface area (Å²) in [6.45, 7) is 0. The van der Waals surface area contributed by atoms with Gasteiger partial charge in [0.15, 0.2) is 0 Å². The fraction of sp³-hybridized carbons (Fsp3) is 0. The van der Waals surface area contributed by atoms with E-state index in [9.17, 15) is 0 Å². The molecular formula is H2OPrSiZr. The molecule has 0 aliphatic carbocycles. The Morgan fingerprint density at radius 1 is 1.25 bits per heavy atom. The Morgan fingerprint density at radius 2 is 1.25 bits per heavy atom. The minimum Gasteiger partial charge on any atom is -0.396 e. The summed E-state index contributed by atoms with van der Waals surface area (Å²) in [5.74, 6) is 0. The van der Waals surface area contributed by atoms with Crippen LogP contribution < -0.4 is 0 Å². The van der Waals surface area contributed by atoms with Crippen LogP contribution >= 0.6 is 0 Å². The van der Waals surface area contributed by atoms with Crippen molar-refractivity contribution in [2.45, 2.75) is 0 Å². The molecule has 0 N–H and O–H groups in total. The second-order valence-corrected chi connectivity index (χ2v) is 0. The van der Waals surface area contributed by atoms with E-state index < -0.39 is 0 Å². The average molecular weight is 278 g/mol. The maximum absolute atomic E-state index is 8.28. The first-order valence-electron chi connectivity index (χ1n) is 0.289. The van der Waals surface area contributed by atoms with E-state index >= 15 is 0 Å². The smallest absolute Gasteiger partial charge is 0.245 e. The summed E-state index contributed by atoms with van der Waals surface area (Å²) in [7, 11) is 0.611. The molecule has 0 spiro atoms. The molecule has 0 fully saturated rings. The predicted molar refractivity (Wildman–Crippen MR) is 9.23 cm³/mol. The van der Waals surface area contributed by atoms with Gasteiger partial charge in [-0.3, -0.25) is 0 Å². The Balaban J connectivity index is -0.00000000500. The van der Waals surface area contributed by atoms with Crippen molar-refractivity contribution < 1.29 is 72.0 Å². The van der Waals surface area contributed by atoms with E-state index in [1.165, 1.54) is 0 Å². The molecule has 0 unspecified atom stereocenters. The number of hydrogen-bond donors (Lipinski definition) is 0. The molecule has 19 valence electrons. The second kappa shape index (κ2) is 18.7. The Morgan fingerprint density at radius 3 is 1.25 bits per heavy atom. The molecule has 0 amide bonds. The van der Waals surface area contributed by atoms with Gasteiger partial charge in [0.2, 0.25) is 10.1 Å². The molecule has 0 atom stereocenters. The van der Waals surface area contributed by atoms with Gasteiger partial charge in [0, 0.05) is 67.5 Å². The minimum absolute atomic E-state index is 0. The van der Waals surface area contributed by atoms with E-state index in [2.05, 4.69) is 0 Å². The second-order valence-electron chi connectivity index (χ2n) is 0. The van der Waals surface area contributed by atoms with Crippen molar-refractivity contribution in [2.24, 2.45) is 0 Å². The zero-order chi connectivity index (χ0) is 2.00. The molecule has 0 aromatic rings. The van der Waals surface area contributed by atoms with Crippen molar-refractivity contribution in [1.29, 1.82) is 0 Å². The molecule has 0 aromatic carbocycles. The monoisotopic (exact) mass is 277 g/mol. The quantitative estimate of drug-likeness (QED) is 0.518. The summed E-state index contributed by atoms with van der Waals surface area (Å²) in [4.78, 5) is 0. The van der Waals surface area contributed by atoms with Crippen LogP contribution in [0.4, 0.5) is 0 Å². The standard InChI is InChI=1S/H2OSi.Pr.Zr/c1-2;;/h2H2;;. The van der Waals surface area contributed by atoms with Crippen LogP contribution in [0.25, 0.3) is 0 Å². The van der Waals surface area contributed by atoms with Gasteiger partial charge in [-0.1, -0.05) is 0 Å². The van der Waals surface area contributed by atoms with Gasteiger partial charge in [0.05, 0.1) is 0 Å². The van der Waals surface area contributed by atoms with Crippen molar-refractivity contribution in [3.63, 3.8) is 0 Å². The first kappa shape index (κ1) is 16.3. The van der Waals surface area contributed by atoms with Crippen LogP contribution in [0.3, 0.4) is 0 Å². The zero-order valence-electron chi connectivity index (χ0n) is 2.19.